The first kappa shape index (κ1) is 16.2. The van der Waals surface area contributed by atoms with E-state index in [1.165, 1.54) is 0 Å². The van der Waals surface area contributed by atoms with Crippen LogP contribution < -0.4 is 0 Å². The van der Waals surface area contributed by atoms with E-state index in [0.717, 1.165) is 11.3 Å². The lowest BCUT2D eigenvalue weighted by molar-refractivity contribution is -0.131. The van der Waals surface area contributed by atoms with Gasteiger partial charge in [-0.25, -0.2) is 0 Å². The van der Waals surface area contributed by atoms with Crippen molar-refractivity contribution in [2.75, 3.05) is 19.6 Å². The van der Waals surface area contributed by atoms with Gasteiger partial charge in [-0.05, 0) is 24.6 Å². The Morgan fingerprint density at radius 2 is 1.83 bits per heavy atom. The number of carbonyl (C=O) groups excluding carboxylic acids is 2. The maximum atomic E-state index is 13.0. The molecule has 0 unspecified atom stereocenters. The number of carbonyl (C=O) groups is 2. The maximum absolute atomic E-state index is 13.0. The largest absolute Gasteiger partial charge is 0.339 e. The normalized spacial score (nSPS) is 17.7. The van der Waals surface area contributed by atoms with Crippen molar-refractivity contribution in [3.05, 3.63) is 65.5 Å². The van der Waals surface area contributed by atoms with E-state index < -0.39 is 0 Å². The van der Waals surface area contributed by atoms with Gasteiger partial charge in [0.15, 0.2) is 0 Å². The molecular weight excluding hydrogens is 302 g/mol. The molecule has 3 rings (SSSR count). The summed E-state index contributed by atoms with van der Waals surface area (Å²) in [6.07, 6.45) is 1.62. The van der Waals surface area contributed by atoms with E-state index in [1.807, 2.05) is 54.3 Å². The van der Waals surface area contributed by atoms with Crippen molar-refractivity contribution in [1.82, 2.24) is 14.8 Å². The lowest BCUT2D eigenvalue weighted by Crippen LogP contribution is -2.51. The fourth-order valence-electron chi connectivity index (χ4n) is 3.03. The van der Waals surface area contributed by atoms with Crippen LogP contribution >= 0.6 is 0 Å². The highest BCUT2D eigenvalue weighted by molar-refractivity contribution is 5.94. The van der Waals surface area contributed by atoms with Crippen LogP contribution in [-0.2, 0) is 4.79 Å². The molecule has 1 aromatic heterocycles. The molecule has 1 aliphatic rings. The fourth-order valence-corrected chi connectivity index (χ4v) is 3.03. The zero-order valence-corrected chi connectivity index (χ0v) is 14.0. The molecule has 1 aromatic carbocycles. The molecule has 1 aliphatic heterocycles. The molecule has 2 heterocycles. The minimum atomic E-state index is -0.141. The van der Waals surface area contributed by atoms with E-state index in [-0.39, 0.29) is 17.9 Å². The number of benzene rings is 1. The summed E-state index contributed by atoms with van der Waals surface area (Å²) in [5.41, 5.74) is 2.50. The van der Waals surface area contributed by atoms with Crippen molar-refractivity contribution in [2.24, 2.45) is 0 Å². The quantitative estimate of drug-likeness (QED) is 0.853. The Kier molecular flexibility index (Phi) is 4.60. The van der Waals surface area contributed by atoms with Gasteiger partial charge in [0, 0.05) is 38.4 Å². The summed E-state index contributed by atoms with van der Waals surface area (Å²) in [7, 11) is 0. The zero-order valence-electron chi connectivity index (χ0n) is 14.0. The summed E-state index contributed by atoms with van der Waals surface area (Å²) in [4.78, 5) is 32.6. The van der Waals surface area contributed by atoms with Crippen LogP contribution in [0.3, 0.4) is 0 Å². The number of piperazine rings is 1. The third kappa shape index (κ3) is 3.30. The smallest absolute Gasteiger partial charge is 0.256 e. The van der Waals surface area contributed by atoms with Gasteiger partial charge in [0.05, 0.1) is 11.6 Å². The van der Waals surface area contributed by atoms with Gasteiger partial charge in [0.25, 0.3) is 5.91 Å². The summed E-state index contributed by atoms with van der Waals surface area (Å²) in [6.45, 7) is 5.07. The first-order valence-electron chi connectivity index (χ1n) is 8.10. The van der Waals surface area contributed by atoms with Crippen LogP contribution in [0.1, 0.15) is 34.6 Å². The van der Waals surface area contributed by atoms with E-state index in [0.29, 0.717) is 25.2 Å². The van der Waals surface area contributed by atoms with Crippen LogP contribution in [0.15, 0.2) is 48.7 Å². The molecule has 0 saturated carbocycles. The van der Waals surface area contributed by atoms with Crippen LogP contribution in [0, 0.1) is 6.92 Å². The average Bonchev–Trinajstić information content (AvgIpc) is 2.62. The maximum Gasteiger partial charge on any atom is 0.256 e. The van der Waals surface area contributed by atoms with Gasteiger partial charge in [-0.15, -0.1) is 0 Å². The molecule has 5 heteroatoms. The lowest BCUT2D eigenvalue weighted by Gasteiger charge is -2.41. The molecule has 2 amide bonds. The molecule has 0 spiro atoms. The van der Waals surface area contributed by atoms with Crippen molar-refractivity contribution >= 4 is 11.8 Å². The van der Waals surface area contributed by atoms with Crippen molar-refractivity contribution in [1.29, 1.82) is 0 Å². The molecule has 0 aliphatic carbocycles. The predicted molar refractivity (Wildman–Crippen MR) is 91.4 cm³/mol. The minimum absolute atomic E-state index is 0.0417. The van der Waals surface area contributed by atoms with Crippen molar-refractivity contribution in [3.63, 3.8) is 0 Å². The Morgan fingerprint density at radius 3 is 2.46 bits per heavy atom. The molecule has 1 saturated heterocycles. The average molecular weight is 323 g/mol. The Hall–Kier alpha value is -2.69. The molecular formula is C19H21N3O2. The van der Waals surface area contributed by atoms with Crippen LogP contribution in [-0.4, -0.2) is 46.2 Å². The molecule has 0 radical (unpaired) electrons. The number of nitrogens with zero attached hydrogens (tertiary/aromatic N) is 3. The minimum Gasteiger partial charge on any atom is -0.339 e. The number of pyridine rings is 1. The van der Waals surface area contributed by atoms with E-state index in [1.54, 1.807) is 18.0 Å². The number of amides is 2. The van der Waals surface area contributed by atoms with Gasteiger partial charge in [-0.2, -0.15) is 0 Å². The standard InChI is InChI=1S/C19H21N3O2/c1-14-8-9-17(12-20-14)19(24)22-11-10-21(15(2)23)13-18(22)16-6-4-3-5-7-16/h3-9,12,18H,10-11,13H2,1-2H3/t18-/m0/s1. The third-order valence-corrected chi connectivity index (χ3v) is 4.43. The lowest BCUT2D eigenvalue weighted by atomic mass is 10.0. The Morgan fingerprint density at radius 1 is 1.08 bits per heavy atom. The molecule has 2 aromatic rings. The van der Waals surface area contributed by atoms with E-state index in [4.69, 9.17) is 0 Å². The summed E-state index contributed by atoms with van der Waals surface area (Å²) in [5.74, 6) is -0.000382. The first-order valence-corrected chi connectivity index (χ1v) is 8.10. The number of hydrogen-bond donors (Lipinski definition) is 0. The van der Waals surface area contributed by atoms with Gasteiger partial charge in [-0.1, -0.05) is 30.3 Å². The van der Waals surface area contributed by atoms with Crippen LogP contribution in [0.25, 0.3) is 0 Å². The summed E-state index contributed by atoms with van der Waals surface area (Å²) >= 11 is 0. The monoisotopic (exact) mass is 323 g/mol. The summed E-state index contributed by atoms with van der Waals surface area (Å²) < 4.78 is 0. The van der Waals surface area contributed by atoms with Crippen molar-refractivity contribution in [3.8, 4) is 0 Å². The second-order valence-corrected chi connectivity index (χ2v) is 6.08. The molecule has 1 fully saturated rings. The molecule has 5 nitrogen and oxygen atoms in total. The summed E-state index contributed by atoms with van der Waals surface area (Å²) in [5, 5.41) is 0. The van der Waals surface area contributed by atoms with Gasteiger partial charge < -0.3 is 9.80 Å². The second kappa shape index (κ2) is 6.83. The van der Waals surface area contributed by atoms with E-state index in [9.17, 15) is 9.59 Å². The Bertz CT molecular complexity index is 728. The molecule has 24 heavy (non-hydrogen) atoms. The summed E-state index contributed by atoms with van der Waals surface area (Å²) in [6, 6.07) is 13.4. The number of aryl methyl sites for hydroxylation is 1. The highest BCUT2D eigenvalue weighted by Crippen LogP contribution is 2.27. The first-order chi connectivity index (χ1) is 11.6. The Labute approximate surface area is 141 Å². The highest BCUT2D eigenvalue weighted by Gasteiger charge is 2.33. The molecule has 1 atom stereocenters. The topological polar surface area (TPSA) is 53.5 Å². The third-order valence-electron chi connectivity index (χ3n) is 4.43. The van der Waals surface area contributed by atoms with E-state index in [2.05, 4.69) is 4.98 Å². The van der Waals surface area contributed by atoms with Crippen LogP contribution in [0.5, 0.6) is 0 Å². The molecule has 0 bridgehead atoms. The van der Waals surface area contributed by atoms with E-state index >= 15 is 0 Å². The number of rotatable bonds is 2. The van der Waals surface area contributed by atoms with Gasteiger partial charge in [0.1, 0.15) is 0 Å². The molecule has 124 valence electrons. The number of aromatic nitrogens is 1. The predicted octanol–water partition coefficient (Wildman–Crippen LogP) is 2.44. The molecule has 0 N–H and O–H groups in total. The fraction of sp³-hybridized carbons (Fsp3) is 0.316. The highest BCUT2D eigenvalue weighted by atomic mass is 16.2. The van der Waals surface area contributed by atoms with Crippen molar-refractivity contribution < 1.29 is 9.59 Å². The SMILES string of the molecule is CC(=O)N1CCN(C(=O)c2ccc(C)nc2)[C@H](c2ccccc2)C1. The number of hydrogen-bond acceptors (Lipinski definition) is 3. The van der Waals surface area contributed by atoms with Crippen LogP contribution in [0.2, 0.25) is 0 Å². The second-order valence-electron chi connectivity index (χ2n) is 6.08. The zero-order chi connectivity index (χ0) is 17.1. The van der Waals surface area contributed by atoms with Gasteiger partial charge in [0.2, 0.25) is 5.91 Å². The van der Waals surface area contributed by atoms with Gasteiger partial charge >= 0.3 is 0 Å². The Balaban J connectivity index is 1.90. The van der Waals surface area contributed by atoms with Gasteiger partial charge in [-0.3, -0.25) is 14.6 Å². The van der Waals surface area contributed by atoms with Crippen LogP contribution in [0.4, 0.5) is 0 Å². The van der Waals surface area contributed by atoms with Crippen molar-refractivity contribution in [2.45, 2.75) is 19.9 Å².